The molecule has 4 N–H and O–H groups in total. The number of nitrogens with one attached hydrogen (secondary N) is 2. The van der Waals surface area contributed by atoms with Gasteiger partial charge in [-0.3, -0.25) is 14.6 Å². The summed E-state index contributed by atoms with van der Waals surface area (Å²) in [4.78, 5) is 25.8. The monoisotopic (exact) mass is 846 g/mol. The number of aldehydes is 2. The molecule has 0 aliphatic rings. The van der Waals surface area contributed by atoms with E-state index in [4.69, 9.17) is 5.84 Å². The highest BCUT2D eigenvalue weighted by molar-refractivity contribution is 5.76. The molecule has 324 valence electrons. The van der Waals surface area contributed by atoms with Gasteiger partial charge in [-0.1, -0.05) is 133 Å². The molecule has 8 heteroatoms. The second-order valence-electron chi connectivity index (χ2n) is 14.4. The molecule has 8 aromatic carbocycles. The zero-order valence-corrected chi connectivity index (χ0v) is 36.7. The van der Waals surface area contributed by atoms with Gasteiger partial charge >= 0.3 is 0 Å². The highest BCUT2D eigenvalue weighted by atomic mass is 16.1. The minimum atomic E-state index is 0.702. The number of rotatable bonds is 15. The minimum Gasteiger partial charge on any atom is -0.372 e. The van der Waals surface area contributed by atoms with Crippen LogP contribution in [0.25, 0.3) is 0 Å². The Bertz CT molecular complexity index is 2320. The van der Waals surface area contributed by atoms with E-state index in [1.165, 1.54) is 16.8 Å². The third-order valence-corrected chi connectivity index (χ3v) is 9.95. The lowest BCUT2D eigenvalue weighted by atomic mass is 10.1. The van der Waals surface area contributed by atoms with Gasteiger partial charge in [-0.2, -0.15) is 0 Å². The van der Waals surface area contributed by atoms with Gasteiger partial charge in [0.2, 0.25) is 0 Å². The fraction of sp³-hybridized carbons (Fsp3) is 0.107. The molecule has 0 bridgehead atoms. The Morgan fingerprint density at radius 2 is 0.672 bits per heavy atom. The summed E-state index contributed by atoms with van der Waals surface area (Å²) in [6.45, 7) is 7.90. The highest BCUT2D eigenvalue weighted by Crippen LogP contribution is 2.22. The number of nitrogens with two attached hydrogens (primary N) is 1. The molecule has 0 saturated heterocycles. The molecule has 0 spiro atoms. The van der Waals surface area contributed by atoms with Crippen molar-refractivity contribution in [3.8, 4) is 0 Å². The van der Waals surface area contributed by atoms with Crippen molar-refractivity contribution in [2.75, 3.05) is 38.7 Å². The quantitative estimate of drug-likeness (QED) is 0.0534. The topological polar surface area (TPSA) is 93.9 Å². The van der Waals surface area contributed by atoms with Crippen LogP contribution in [-0.4, -0.2) is 25.7 Å². The molecule has 0 atom stereocenters. The van der Waals surface area contributed by atoms with Crippen molar-refractivity contribution in [1.29, 1.82) is 0 Å². The molecule has 64 heavy (non-hydrogen) atoms. The van der Waals surface area contributed by atoms with E-state index in [-0.39, 0.29) is 0 Å². The Hall–Kier alpha value is -7.94. The number of carbonyl (C=O) groups is 2. The summed E-state index contributed by atoms with van der Waals surface area (Å²) in [5.41, 5.74) is 16.6. The number of para-hydroxylation sites is 4. The Balaban J connectivity index is 0.000000166. The number of hydrogen-bond donors (Lipinski definition) is 3. The molecule has 8 rings (SSSR count). The van der Waals surface area contributed by atoms with Crippen molar-refractivity contribution in [1.82, 2.24) is 0 Å². The van der Waals surface area contributed by atoms with Gasteiger partial charge < -0.3 is 20.7 Å². The standard InChI is InChI=1S/C21H19NO.2C12H12N2.C11H15NO/c23-17-20-11-13-21(14-12-20)22(15-18-7-3-1-4-8-18)16-19-9-5-2-6-10-19;13-14(11-7-3-1-4-8-11)12-9-5-2-6-10-12;1-3-7-11(8-4-1)13-14-12-9-5-2-6-10-12;1-3-12(4-2)11-7-5-10(9-13)6-8-11/h1-14,17H,15-16H2;1-10H,13H2;1-10,13-14H;5-9H,3-4H2,1-2H3. The molecule has 0 saturated carbocycles. The molecule has 0 amide bonds. The SMILES string of the molecule is CCN(CC)c1ccc(C=O)cc1.NN(c1ccccc1)c1ccccc1.O=Cc1ccc(N(Cc2ccccc2)Cc2ccccc2)cc1.c1ccc(NNc2ccccc2)cc1. The lowest BCUT2D eigenvalue weighted by molar-refractivity contribution is 0.111. The van der Waals surface area contributed by atoms with Gasteiger partial charge in [-0.05, 0) is 122 Å². The molecular formula is C56H58N6O2. The van der Waals surface area contributed by atoms with Gasteiger partial charge in [0, 0.05) is 48.7 Å². The number of hydrogen-bond acceptors (Lipinski definition) is 8. The first-order chi connectivity index (χ1) is 31.5. The van der Waals surface area contributed by atoms with Crippen LogP contribution in [0, 0.1) is 0 Å². The summed E-state index contributed by atoms with van der Waals surface area (Å²) < 4.78 is 0. The van der Waals surface area contributed by atoms with Crippen molar-refractivity contribution >= 4 is 46.7 Å². The van der Waals surface area contributed by atoms with E-state index in [2.05, 4.69) is 83.0 Å². The van der Waals surface area contributed by atoms with E-state index in [0.29, 0.717) is 5.56 Å². The molecule has 8 nitrogen and oxygen atoms in total. The number of carbonyl (C=O) groups excluding carboxylic acids is 2. The number of nitrogens with zero attached hydrogens (tertiary/aromatic N) is 3. The maximum atomic E-state index is 10.9. The molecule has 0 heterocycles. The normalized spacial score (nSPS) is 9.86. The van der Waals surface area contributed by atoms with Crippen LogP contribution in [0.1, 0.15) is 45.7 Å². The lowest BCUT2D eigenvalue weighted by Gasteiger charge is -2.25. The molecular weight excluding hydrogens is 789 g/mol. The van der Waals surface area contributed by atoms with Gasteiger partial charge in [0.25, 0.3) is 0 Å². The molecule has 0 radical (unpaired) electrons. The van der Waals surface area contributed by atoms with Crippen LogP contribution < -0.4 is 31.5 Å². The minimum absolute atomic E-state index is 0.702. The Morgan fingerprint density at radius 3 is 0.984 bits per heavy atom. The molecule has 0 aliphatic heterocycles. The predicted octanol–water partition coefficient (Wildman–Crippen LogP) is 12.9. The van der Waals surface area contributed by atoms with E-state index in [1.54, 1.807) is 5.01 Å². The van der Waals surface area contributed by atoms with Crippen molar-refractivity contribution in [3.05, 3.63) is 253 Å². The number of benzene rings is 8. The highest BCUT2D eigenvalue weighted by Gasteiger charge is 2.09. The first kappa shape index (κ1) is 47.1. The lowest BCUT2D eigenvalue weighted by Crippen LogP contribution is -2.24. The van der Waals surface area contributed by atoms with E-state index in [0.717, 1.165) is 72.8 Å². The molecule has 0 fully saturated rings. The zero-order valence-electron chi connectivity index (χ0n) is 36.7. The van der Waals surface area contributed by atoms with Crippen LogP contribution >= 0.6 is 0 Å². The summed E-state index contributed by atoms with van der Waals surface area (Å²) >= 11 is 0. The van der Waals surface area contributed by atoms with E-state index in [9.17, 15) is 9.59 Å². The average Bonchev–Trinajstić information content (AvgIpc) is 3.38. The summed E-state index contributed by atoms with van der Waals surface area (Å²) in [7, 11) is 0. The van der Waals surface area contributed by atoms with Crippen molar-refractivity contribution in [2.45, 2.75) is 26.9 Å². The molecule has 8 aromatic rings. The van der Waals surface area contributed by atoms with Gasteiger partial charge in [-0.25, -0.2) is 5.84 Å². The third-order valence-electron chi connectivity index (χ3n) is 9.95. The van der Waals surface area contributed by atoms with Gasteiger partial charge in [0.05, 0.1) is 22.7 Å². The average molecular weight is 847 g/mol. The number of anilines is 6. The maximum Gasteiger partial charge on any atom is 0.150 e. The smallest absolute Gasteiger partial charge is 0.150 e. The van der Waals surface area contributed by atoms with Crippen molar-refractivity contribution < 1.29 is 9.59 Å². The molecule has 0 aromatic heterocycles. The van der Waals surface area contributed by atoms with Crippen LogP contribution in [0.2, 0.25) is 0 Å². The van der Waals surface area contributed by atoms with Crippen LogP contribution in [-0.2, 0) is 13.1 Å². The van der Waals surface area contributed by atoms with E-state index in [1.807, 2.05) is 182 Å². The maximum absolute atomic E-state index is 10.9. The zero-order chi connectivity index (χ0) is 45.0. The van der Waals surface area contributed by atoms with E-state index < -0.39 is 0 Å². The van der Waals surface area contributed by atoms with Gasteiger partial charge in [-0.15, -0.1) is 0 Å². The van der Waals surface area contributed by atoms with Crippen LogP contribution in [0.4, 0.5) is 34.1 Å². The first-order valence-electron chi connectivity index (χ1n) is 21.4. The van der Waals surface area contributed by atoms with Crippen LogP contribution in [0.3, 0.4) is 0 Å². The summed E-state index contributed by atoms with van der Waals surface area (Å²) in [6.07, 6.45) is 1.74. The van der Waals surface area contributed by atoms with Crippen LogP contribution in [0.5, 0.6) is 0 Å². The predicted molar refractivity (Wildman–Crippen MR) is 269 cm³/mol. The largest absolute Gasteiger partial charge is 0.372 e. The Morgan fingerprint density at radius 1 is 0.375 bits per heavy atom. The first-order valence-corrected chi connectivity index (χ1v) is 21.4. The Labute approximate surface area is 379 Å². The summed E-state index contributed by atoms with van der Waals surface area (Å²) in [5, 5.41) is 1.67. The Kier molecular flexibility index (Phi) is 19.9. The summed E-state index contributed by atoms with van der Waals surface area (Å²) in [5.74, 6) is 5.95. The number of hydrazine groups is 2. The fourth-order valence-electron chi connectivity index (χ4n) is 6.48. The van der Waals surface area contributed by atoms with E-state index >= 15 is 0 Å². The van der Waals surface area contributed by atoms with Gasteiger partial charge in [0.15, 0.2) is 0 Å². The summed E-state index contributed by atoms with van der Waals surface area (Å²) in [6, 6.07) is 76.0. The third kappa shape index (κ3) is 16.2. The second-order valence-corrected chi connectivity index (χ2v) is 14.4. The van der Waals surface area contributed by atoms with Gasteiger partial charge in [0.1, 0.15) is 12.6 Å². The molecule has 0 unspecified atom stereocenters. The second kappa shape index (κ2) is 27.1. The fourth-order valence-corrected chi connectivity index (χ4v) is 6.48. The van der Waals surface area contributed by atoms with Crippen LogP contribution in [0.15, 0.2) is 231 Å². The van der Waals surface area contributed by atoms with Crippen molar-refractivity contribution in [2.24, 2.45) is 5.84 Å². The molecule has 0 aliphatic carbocycles. The van der Waals surface area contributed by atoms with Crippen molar-refractivity contribution in [3.63, 3.8) is 0 Å².